The molecule has 6 nitrogen and oxygen atoms in total. The van der Waals surface area contributed by atoms with Gasteiger partial charge in [0.2, 0.25) is 0 Å². The van der Waals surface area contributed by atoms with Crippen molar-refractivity contribution in [3.63, 3.8) is 0 Å². The molecule has 0 saturated heterocycles. The largest absolute Gasteiger partial charge is 0.460 e. The van der Waals surface area contributed by atoms with Gasteiger partial charge in [0, 0.05) is 0 Å². The Morgan fingerprint density at radius 2 is 0.769 bits per heavy atom. The summed E-state index contributed by atoms with van der Waals surface area (Å²) in [6, 6.07) is 26.8. The molecule has 8 heteroatoms. The zero-order valence-electron chi connectivity index (χ0n) is 13.6. The molecule has 3 aromatic rings. The standard InChI is InChI=1S/C12H11O3P.C6H7O3P/c13-16(14-11-7-3-1-4-8-11)15-12-9-5-2-6-10-12;7-10(8)9-6-4-2-1-3-5-6/h1-10,13H;1-5,7-8H. The van der Waals surface area contributed by atoms with Crippen molar-refractivity contribution in [2.45, 2.75) is 0 Å². The summed E-state index contributed by atoms with van der Waals surface area (Å²) in [5, 5.41) is 0. The van der Waals surface area contributed by atoms with Gasteiger partial charge in [0.15, 0.2) is 0 Å². The van der Waals surface area contributed by atoms with E-state index in [4.69, 9.17) is 18.8 Å². The highest BCUT2D eigenvalue weighted by Crippen LogP contribution is 2.35. The fourth-order valence-electron chi connectivity index (χ4n) is 1.74. The Bertz CT molecular complexity index is 687. The van der Waals surface area contributed by atoms with Crippen molar-refractivity contribution in [3.05, 3.63) is 91.0 Å². The lowest BCUT2D eigenvalue weighted by molar-refractivity contribution is 0.375. The van der Waals surface area contributed by atoms with Gasteiger partial charge in [-0.3, -0.25) is 0 Å². The van der Waals surface area contributed by atoms with Crippen LogP contribution in [-0.2, 0) is 0 Å². The molecule has 0 amide bonds. The first kappa shape index (κ1) is 20.1. The van der Waals surface area contributed by atoms with Crippen LogP contribution in [0.5, 0.6) is 17.2 Å². The van der Waals surface area contributed by atoms with Crippen LogP contribution < -0.4 is 13.6 Å². The second kappa shape index (κ2) is 11.4. The predicted molar refractivity (Wildman–Crippen MR) is 102 cm³/mol. The maximum Gasteiger partial charge on any atom is 0.460 e. The van der Waals surface area contributed by atoms with Crippen molar-refractivity contribution in [2.24, 2.45) is 0 Å². The minimum absolute atomic E-state index is 0.471. The van der Waals surface area contributed by atoms with Crippen molar-refractivity contribution in [3.8, 4) is 17.2 Å². The van der Waals surface area contributed by atoms with Crippen LogP contribution in [0.4, 0.5) is 0 Å². The SMILES string of the molecule is OP(O)Oc1ccccc1.OP(Oc1ccccc1)Oc1ccccc1. The van der Waals surface area contributed by atoms with E-state index in [0.29, 0.717) is 17.2 Å². The van der Waals surface area contributed by atoms with Crippen LogP contribution in [-0.4, -0.2) is 14.7 Å². The lowest BCUT2D eigenvalue weighted by atomic mass is 10.3. The van der Waals surface area contributed by atoms with Gasteiger partial charge in [0.25, 0.3) is 0 Å². The topological polar surface area (TPSA) is 88.4 Å². The highest BCUT2D eigenvalue weighted by Gasteiger charge is 2.10. The molecule has 0 aliphatic heterocycles. The quantitative estimate of drug-likeness (QED) is 0.530. The Morgan fingerprint density at radius 3 is 1.08 bits per heavy atom. The van der Waals surface area contributed by atoms with Crippen LogP contribution in [0.3, 0.4) is 0 Å². The Hall–Kier alpha value is -2.20. The van der Waals surface area contributed by atoms with E-state index in [0.717, 1.165) is 0 Å². The van der Waals surface area contributed by atoms with E-state index in [2.05, 4.69) is 4.52 Å². The van der Waals surface area contributed by atoms with Gasteiger partial charge >= 0.3 is 17.2 Å². The van der Waals surface area contributed by atoms with Gasteiger partial charge in [-0.15, -0.1) is 0 Å². The highest BCUT2D eigenvalue weighted by atomic mass is 31.2. The Kier molecular flexibility index (Phi) is 8.84. The molecule has 0 fully saturated rings. The first-order chi connectivity index (χ1) is 12.6. The third-order valence-corrected chi connectivity index (χ3v) is 3.89. The first-order valence-corrected chi connectivity index (χ1v) is 9.79. The summed E-state index contributed by atoms with van der Waals surface area (Å²) in [5.74, 6) is 1.65. The molecule has 3 rings (SSSR count). The summed E-state index contributed by atoms with van der Waals surface area (Å²) in [5.41, 5.74) is 0. The van der Waals surface area contributed by atoms with Gasteiger partial charge in [0.1, 0.15) is 17.2 Å². The number of hydrogen-bond donors (Lipinski definition) is 3. The normalized spacial score (nSPS) is 10.0. The van der Waals surface area contributed by atoms with Crippen LogP contribution >= 0.6 is 17.2 Å². The molecular formula is C18H18O6P2. The summed E-state index contributed by atoms with van der Waals surface area (Å²) in [4.78, 5) is 26.4. The van der Waals surface area contributed by atoms with E-state index in [1.807, 2.05) is 42.5 Å². The molecule has 0 aliphatic rings. The Balaban J connectivity index is 0.000000209. The molecule has 0 bridgehead atoms. The Morgan fingerprint density at radius 1 is 0.462 bits per heavy atom. The second-order valence-corrected chi connectivity index (χ2v) is 6.23. The molecular weight excluding hydrogens is 374 g/mol. The second-order valence-electron chi connectivity index (χ2n) is 4.70. The van der Waals surface area contributed by atoms with E-state index < -0.39 is 17.2 Å². The summed E-state index contributed by atoms with van der Waals surface area (Å²) in [6.45, 7) is 0. The molecule has 0 spiro atoms. The van der Waals surface area contributed by atoms with Crippen molar-refractivity contribution in [1.29, 1.82) is 0 Å². The number of rotatable bonds is 6. The van der Waals surface area contributed by atoms with Gasteiger partial charge in [-0.1, -0.05) is 54.6 Å². The van der Waals surface area contributed by atoms with Gasteiger partial charge in [-0.05, 0) is 36.4 Å². The molecule has 0 aromatic heterocycles. The van der Waals surface area contributed by atoms with E-state index in [1.165, 1.54) is 0 Å². The molecule has 3 aromatic carbocycles. The lowest BCUT2D eigenvalue weighted by Gasteiger charge is -2.11. The van der Waals surface area contributed by atoms with Gasteiger partial charge in [0.05, 0.1) is 0 Å². The summed E-state index contributed by atoms with van der Waals surface area (Å²) >= 11 is 0. The molecule has 0 saturated carbocycles. The van der Waals surface area contributed by atoms with Gasteiger partial charge < -0.3 is 28.3 Å². The minimum Gasteiger partial charge on any atom is -0.427 e. The molecule has 3 N–H and O–H groups in total. The average Bonchev–Trinajstić information content (AvgIpc) is 2.64. The first-order valence-electron chi connectivity index (χ1n) is 7.49. The van der Waals surface area contributed by atoms with Crippen molar-refractivity contribution >= 4 is 17.2 Å². The van der Waals surface area contributed by atoms with E-state index >= 15 is 0 Å². The minimum atomic E-state index is -2.28. The van der Waals surface area contributed by atoms with Crippen LogP contribution in [0.15, 0.2) is 91.0 Å². The fourth-order valence-corrected chi connectivity index (χ4v) is 2.69. The fraction of sp³-hybridized carbons (Fsp3) is 0. The number of hydrogen-bond acceptors (Lipinski definition) is 6. The molecule has 0 radical (unpaired) electrons. The van der Waals surface area contributed by atoms with Crippen LogP contribution in [0.2, 0.25) is 0 Å². The molecule has 0 heterocycles. The summed E-state index contributed by atoms with van der Waals surface area (Å²) < 4.78 is 15.0. The zero-order valence-corrected chi connectivity index (χ0v) is 15.4. The molecule has 0 unspecified atom stereocenters. The van der Waals surface area contributed by atoms with Crippen molar-refractivity contribution < 1.29 is 28.3 Å². The molecule has 136 valence electrons. The van der Waals surface area contributed by atoms with Gasteiger partial charge in [-0.25, -0.2) is 0 Å². The molecule has 0 aliphatic carbocycles. The van der Waals surface area contributed by atoms with E-state index in [-0.39, 0.29) is 0 Å². The third kappa shape index (κ3) is 8.26. The van der Waals surface area contributed by atoms with Crippen molar-refractivity contribution in [1.82, 2.24) is 0 Å². The Labute approximate surface area is 154 Å². The maximum atomic E-state index is 9.58. The van der Waals surface area contributed by atoms with Crippen LogP contribution in [0.25, 0.3) is 0 Å². The lowest BCUT2D eigenvalue weighted by Crippen LogP contribution is -1.93. The maximum absolute atomic E-state index is 9.58. The molecule has 26 heavy (non-hydrogen) atoms. The van der Waals surface area contributed by atoms with E-state index in [1.54, 1.807) is 48.5 Å². The third-order valence-electron chi connectivity index (χ3n) is 2.78. The summed E-state index contributed by atoms with van der Waals surface area (Å²) in [6.07, 6.45) is 0. The zero-order chi connectivity index (χ0) is 18.6. The van der Waals surface area contributed by atoms with E-state index in [9.17, 15) is 4.89 Å². The average molecular weight is 392 g/mol. The monoisotopic (exact) mass is 392 g/mol. The molecule has 0 atom stereocenters. The summed E-state index contributed by atoms with van der Waals surface area (Å²) in [7, 11) is -4.21. The van der Waals surface area contributed by atoms with Crippen LogP contribution in [0, 0.1) is 0 Å². The van der Waals surface area contributed by atoms with Gasteiger partial charge in [-0.2, -0.15) is 0 Å². The highest BCUT2D eigenvalue weighted by molar-refractivity contribution is 7.41. The van der Waals surface area contributed by atoms with Crippen molar-refractivity contribution in [2.75, 3.05) is 0 Å². The van der Waals surface area contributed by atoms with Crippen LogP contribution in [0.1, 0.15) is 0 Å². The smallest absolute Gasteiger partial charge is 0.427 e. The number of para-hydroxylation sites is 3. The number of benzene rings is 3. The predicted octanol–water partition coefficient (Wildman–Crippen LogP) is 4.64.